The molecule has 2 heterocycles. The van der Waals surface area contributed by atoms with Gasteiger partial charge < -0.3 is 20.2 Å². The standard InChI is InChI=1S/C19H26N4O2.HI/c1-24-17-9-4-3-8-15(17)22-19(20)21-14-16(18-10-7-13-25-18)23-11-5-2-6-12-23;/h3-4,7-10,13,16H,2,5-6,11-12,14H2,1H3,(H3,20,21,22);1H. The van der Waals surface area contributed by atoms with Crippen LogP contribution in [0.3, 0.4) is 0 Å². The fourth-order valence-electron chi connectivity index (χ4n) is 3.21. The Bertz CT molecular complexity index is 685. The van der Waals surface area contributed by atoms with Crippen molar-refractivity contribution in [3.8, 4) is 5.75 Å². The van der Waals surface area contributed by atoms with Gasteiger partial charge in [-0.25, -0.2) is 0 Å². The third kappa shape index (κ3) is 5.38. The molecular formula is C19H27IN4O2. The van der Waals surface area contributed by atoms with E-state index < -0.39 is 0 Å². The molecule has 2 aromatic rings. The van der Waals surface area contributed by atoms with Crippen molar-refractivity contribution in [3.05, 3.63) is 48.4 Å². The smallest absolute Gasteiger partial charge is 0.193 e. The Balaban J connectivity index is 0.00000243. The number of furan rings is 1. The molecule has 3 N–H and O–H groups in total. The lowest BCUT2D eigenvalue weighted by Gasteiger charge is -2.32. The minimum Gasteiger partial charge on any atom is -0.495 e. The van der Waals surface area contributed by atoms with Crippen LogP contribution in [0.1, 0.15) is 31.1 Å². The summed E-state index contributed by atoms with van der Waals surface area (Å²) in [5, 5.41) is 3.12. The van der Waals surface area contributed by atoms with Crippen molar-refractivity contribution in [2.75, 3.05) is 32.1 Å². The van der Waals surface area contributed by atoms with Gasteiger partial charge in [-0.3, -0.25) is 9.89 Å². The second kappa shape index (κ2) is 10.4. The highest BCUT2D eigenvalue weighted by Gasteiger charge is 2.24. The molecule has 0 saturated carbocycles. The van der Waals surface area contributed by atoms with Gasteiger partial charge in [-0.15, -0.1) is 24.0 Å². The number of hydrogen-bond acceptors (Lipinski definition) is 4. The van der Waals surface area contributed by atoms with Gasteiger partial charge in [-0.1, -0.05) is 18.6 Å². The molecule has 1 saturated heterocycles. The fourth-order valence-corrected chi connectivity index (χ4v) is 3.21. The normalized spacial score (nSPS) is 16.6. The lowest BCUT2D eigenvalue weighted by molar-refractivity contribution is 0.150. The minimum atomic E-state index is 0. The summed E-state index contributed by atoms with van der Waals surface area (Å²) >= 11 is 0. The first-order chi connectivity index (χ1) is 12.3. The summed E-state index contributed by atoms with van der Waals surface area (Å²) in [6.07, 6.45) is 5.44. The number of para-hydroxylation sites is 2. The number of aliphatic imine (C=N–C) groups is 1. The second-order valence-corrected chi connectivity index (χ2v) is 6.18. The molecule has 0 spiro atoms. The molecular weight excluding hydrogens is 443 g/mol. The van der Waals surface area contributed by atoms with E-state index in [0.717, 1.165) is 30.3 Å². The van der Waals surface area contributed by atoms with E-state index in [9.17, 15) is 0 Å². The molecule has 0 amide bonds. The number of nitrogens with zero attached hydrogens (tertiary/aromatic N) is 2. The summed E-state index contributed by atoms with van der Waals surface area (Å²) in [4.78, 5) is 6.99. The predicted octanol–water partition coefficient (Wildman–Crippen LogP) is 3.86. The highest BCUT2D eigenvalue weighted by molar-refractivity contribution is 14.0. The Morgan fingerprint density at radius 3 is 2.69 bits per heavy atom. The second-order valence-electron chi connectivity index (χ2n) is 6.18. The number of ether oxygens (including phenoxy) is 1. The Kier molecular flexibility index (Phi) is 8.24. The Labute approximate surface area is 171 Å². The molecule has 1 fully saturated rings. The molecule has 0 bridgehead atoms. The van der Waals surface area contributed by atoms with E-state index in [0.29, 0.717) is 12.5 Å². The Morgan fingerprint density at radius 1 is 1.23 bits per heavy atom. The topological polar surface area (TPSA) is 76.0 Å². The van der Waals surface area contributed by atoms with Crippen molar-refractivity contribution in [2.24, 2.45) is 10.7 Å². The molecule has 0 aliphatic carbocycles. The van der Waals surface area contributed by atoms with E-state index in [1.165, 1.54) is 19.3 Å². The summed E-state index contributed by atoms with van der Waals surface area (Å²) < 4.78 is 11.0. The van der Waals surface area contributed by atoms with E-state index in [-0.39, 0.29) is 30.0 Å². The van der Waals surface area contributed by atoms with E-state index in [1.54, 1.807) is 13.4 Å². The SMILES string of the molecule is COc1ccccc1NC(N)=NCC(c1ccco1)N1CCCCC1.I. The van der Waals surface area contributed by atoms with Crippen LogP contribution in [-0.4, -0.2) is 37.6 Å². The van der Waals surface area contributed by atoms with Crippen LogP contribution >= 0.6 is 24.0 Å². The monoisotopic (exact) mass is 470 g/mol. The number of anilines is 1. The summed E-state index contributed by atoms with van der Waals surface area (Å²) in [5.74, 6) is 2.05. The number of hydrogen-bond donors (Lipinski definition) is 2. The molecule has 26 heavy (non-hydrogen) atoms. The number of methoxy groups -OCH3 is 1. The third-order valence-electron chi connectivity index (χ3n) is 4.51. The number of rotatable bonds is 6. The maximum atomic E-state index is 6.09. The first-order valence-electron chi connectivity index (χ1n) is 8.75. The maximum Gasteiger partial charge on any atom is 0.193 e. The zero-order valence-corrected chi connectivity index (χ0v) is 17.4. The van der Waals surface area contributed by atoms with Crippen LogP contribution in [0.2, 0.25) is 0 Å². The number of likely N-dealkylation sites (tertiary alicyclic amines) is 1. The van der Waals surface area contributed by atoms with Gasteiger partial charge in [-0.2, -0.15) is 0 Å². The van der Waals surface area contributed by atoms with Gasteiger partial charge >= 0.3 is 0 Å². The molecule has 142 valence electrons. The average Bonchev–Trinajstić information content (AvgIpc) is 3.18. The van der Waals surface area contributed by atoms with Crippen molar-refractivity contribution >= 4 is 35.6 Å². The van der Waals surface area contributed by atoms with Crippen molar-refractivity contribution in [2.45, 2.75) is 25.3 Å². The third-order valence-corrected chi connectivity index (χ3v) is 4.51. The lowest BCUT2D eigenvalue weighted by Crippen LogP contribution is -2.36. The molecule has 1 aromatic heterocycles. The van der Waals surface area contributed by atoms with E-state index >= 15 is 0 Å². The number of nitrogens with two attached hydrogens (primary N) is 1. The zero-order valence-electron chi connectivity index (χ0n) is 15.1. The predicted molar refractivity (Wildman–Crippen MR) is 115 cm³/mol. The van der Waals surface area contributed by atoms with Gasteiger partial charge in [-0.05, 0) is 50.2 Å². The van der Waals surface area contributed by atoms with Gasteiger partial charge in [0.25, 0.3) is 0 Å². The molecule has 1 aromatic carbocycles. The van der Waals surface area contributed by atoms with E-state index in [1.807, 2.05) is 36.4 Å². The highest BCUT2D eigenvalue weighted by Crippen LogP contribution is 2.26. The summed E-state index contributed by atoms with van der Waals surface area (Å²) in [6, 6.07) is 11.7. The van der Waals surface area contributed by atoms with Crippen LogP contribution in [0.4, 0.5) is 5.69 Å². The highest BCUT2D eigenvalue weighted by atomic mass is 127. The maximum absolute atomic E-state index is 6.09. The summed E-state index contributed by atoms with van der Waals surface area (Å²) in [6.45, 7) is 2.70. The van der Waals surface area contributed by atoms with E-state index in [2.05, 4.69) is 15.2 Å². The van der Waals surface area contributed by atoms with Gasteiger partial charge in [0.2, 0.25) is 0 Å². The van der Waals surface area contributed by atoms with Gasteiger partial charge in [0.15, 0.2) is 5.96 Å². The number of benzene rings is 1. The van der Waals surface area contributed by atoms with Gasteiger partial charge in [0.1, 0.15) is 11.5 Å². The molecule has 1 aliphatic rings. The zero-order chi connectivity index (χ0) is 17.5. The number of nitrogens with one attached hydrogen (secondary N) is 1. The largest absolute Gasteiger partial charge is 0.495 e. The van der Waals surface area contributed by atoms with Crippen molar-refractivity contribution in [3.63, 3.8) is 0 Å². The molecule has 6 nitrogen and oxygen atoms in total. The van der Waals surface area contributed by atoms with E-state index in [4.69, 9.17) is 14.9 Å². The molecule has 7 heteroatoms. The fraction of sp³-hybridized carbons (Fsp3) is 0.421. The quantitative estimate of drug-likeness (QED) is 0.381. The Hall–Kier alpha value is -1.74. The number of halogens is 1. The van der Waals surface area contributed by atoms with Crippen LogP contribution in [-0.2, 0) is 0 Å². The first kappa shape index (κ1) is 20.6. The molecule has 1 aliphatic heterocycles. The average molecular weight is 470 g/mol. The van der Waals surface area contributed by atoms with Crippen LogP contribution in [0.15, 0.2) is 52.1 Å². The van der Waals surface area contributed by atoms with Crippen molar-refractivity contribution in [1.29, 1.82) is 0 Å². The van der Waals surface area contributed by atoms with Crippen LogP contribution in [0.5, 0.6) is 5.75 Å². The summed E-state index contributed by atoms with van der Waals surface area (Å²) in [5.41, 5.74) is 6.90. The van der Waals surface area contributed by atoms with Crippen LogP contribution < -0.4 is 15.8 Å². The van der Waals surface area contributed by atoms with Gasteiger partial charge in [0, 0.05) is 0 Å². The number of guanidine groups is 1. The molecule has 3 rings (SSSR count). The lowest BCUT2D eigenvalue weighted by atomic mass is 10.1. The van der Waals surface area contributed by atoms with Crippen molar-refractivity contribution < 1.29 is 9.15 Å². The molecule has 1 unspecified atom stereocenters. The number of piperidine rings is 1. The summed E-state index contributed by atoms with van der Waals surface area (Å²) in [7, 11) is 1.64. The molecule has 0 radical (unpaired) electrons. The Morgan fingerprint density at radius 2 is 2.00 bits per heavy atom. The van der Waals surface area contributed by atoms with Crippen molar-refractivity contribution in [1.82, 2.24) is 4.90 Å². The molecule has 1 atom stereocenters. The van der Waals surface area contributed by atoms with Gasteiger partial charge in [0.05, 0.1) is 31.6 Å². The minimum absolute atomic E-state index is 0. The van der Waals surface area contributed by atoms with Crippen LogP contribution in [0, 0.1) is 0 Å². The van der Waals surface area contributed by atoms with Crippen LogP contribution in [0.25, 0.3) is 0 Å². The first-order valence-corrected chi connectivity index (χ1v) is 8.75.